The molecule has 128 valence electrons. The van der Waals surface area contributed by atoms with E-state index >= 15 is 0 Å². The molecule has 1 atom stereocenters. The molecule has 0 aromatic heterocycles. The Morgan fingerprint density at radius 2 is 1.88 bits per heavy atom. The van der Waals surface area contributed by atoms with Crippen LogP contribution in [-0.2, 0) is 16.4 Å². The molecule has 0 radical (unpaired) electrons. The van der Waals surface area contributed by atoms with E-state index in [2.05, 4.69) is 0 Å². The lowest BCUT2D eigenvalue weighted by Gasteiger charge is -2.25. The predicted molar refractivity (Wildman–Crippen MR) is 96.4 cm³/mol. The van der Waals surface area contributed by atoms with Crippen molar-refractivity contribution in [2.75, 3.05) is 11.4 Å². The molecule has 0 aliphatic carbocycles. The first kappa shape index (κ1) is 16.8. The lowest BCUT2D eigenvalue weighted by molar-refractivity contribution is 0.407. The zero-order chi connectivity index (χ0) is 17.5. The molecule has 0 fully saturated rings. The number of hydrogen-bond donors (Lipinski definition) is 0. The number of ether oxygens (including phenoxy) is 1. The first-order chi connectivity index (χ1) is 11.4. The second kappa shape index (κ2) is 6.13. The average Bonchev–Trinajstić information content (AvgIpc) is 2.90. The van der Waals surface area contributed by atoms with Crippen LogP contribution in [0, 0.1) is 0 Å². The normalized spacial score (nSPS) is 17.2. The Morgan fingerprint density at radius 1 is 1.17 bits per heavy atom. The van der Waals surface area contributed by atoms with Crippen LogP contribution in [0.3, 0.4) is 0 Å². The van der Waals surface area contributed by atoms with E-state index in [1.54, 1.807) is 29.6 Å². The monoisotopic (exact) mass is 345 g/mol. The second-order valence-electron chi connectivity index (χ2n) is 6.54. The van der Waals surface area contributed by atoms with Gasteiger partial charge >= 0.3 is 0 Å². The number of rotatable bonds is 4. The lowest BCUT2D eigenvalue weighted by Crippen LogP contribution is -2.35. The molecular formula is C19H23NO3S. The summed E-state index contributed by atoms with van der Waals surface area (Å²) < 4.78 is 33.5. The molecule has 1 aliphatic rings. The van der Waals surface area contributed by atoms with E-state index < -0.39 is 10.0 Å². The molecular weight excluding hydrogens is 322 g/mol. The van der Waals surface area contributed by atoms with Crippen molar-refractivity contribution >= 4 is 15.7 Å². The summed E-state index contributed by atoms with van der Waals surface area (Å²) in [5.74, 6) is 0.900. The van der Waals surface area contributed by atoms with Gasteiger partial charge < -0.3 is 4.74 Å². The molecule has 0 bridgehead atoms. The van der Waals surface area contributed by atoms with Gasteiger partial charge in [-0.25, -0.2) is 8.42 Å². The Labute approximate surface area is 144 Å². The fourth-order valence-corrected chi connectivity index (χ4v) is 5.07. The number of hydrogen-bond acceptors (Lipinski definition) is 3. The van der Waals surface area contributed by atoms with Crippen molar-refractivity contribution < 1.29 is 13.2 Å². The van der Waals surface area contributed by atoms with Crippen molar-refractivity contribution in [2.24, 2.45) is 0 Å². The first-order valence-electron chi connectivity index (χ1n) is 8.16. The molecule has 1 heterocycles. The molecule has 4 nitrogen and oxygen atoms in total. The van der Waals surface area contributed by atoms with Gasteiger partial charge in [-0.2, -0.15) is 0 Å². The summed E-state index contributed by atoms with van der Waals surface area (Å²) in [5, 5.41) is 0. The third-order valence-corrected chi connectivity index (χ3v) is 6.45. The SMILES string of the molecule is COc1ccc(S(=O)(=O)N2c3ccccc3C[C@H]2C)cc1C(C)C. The zero-order valence-corrected chi connectivity index (χ0v) is 15.3. The number of methoxy groups -OCH3 is 1. The summed E-state index contributed by atoms with van der Waals surface area (Å²) in [7, 11) is -2.00. The Kier molecular flexibility index (Phi) is 4.30. The molecule has 0 amide bonds. The van der Waals surface area contributed by atoms with Gasteiger partial charge in [-0.15, -0.1) is 0 Å². The van der Waals surface area contributed by atoms with E-state index in [1.807, 2.05) is 45.0 Å². The molecule has 2 aromatic carbocycles. The molecule has 3 rings (SSSR count). The van der Waals surface area contributed by atoms with E-state index in [0.717, 1.165) is 29.0 Å². The zero-order valence-electron chi connectivity index (χ0n) is 14.5. The van der Waals surface area contributed by atoms with Crippen molar-refractivity contribution in [3.8, 4) is 5.75 Å². The van der Waals surface area contributed by atoms with Gasteiger partial charge in [0, 0.05) is 6.04 Å². The van der Waals surface area contributed by atoms with Crippen LogP contribution in [0.15, 0.2) is 47.4 Å². The smallest absolute Gasteiger partial charge is 0.264 e. The maximum Gasteiger partial charge on any atom is 0.264 e. The van der Waals surface area contributed by atoms with Crippen molar-refractivity contribution in [3.63, 3.8) is 0 Å². The fraction of sp³-hybridized carbons (Fsp3) is 0.368. The Bertz CT molecular complexity index is 859. The maximum atomic E-state index is 13.3. The number of nitrogens with zero attached hydrogens (tertiary/aromatic N) is 1. The second-order valence-corrected chi connectivity index (χ2v) is 8.36. The minimum absolute atomic E-state index is 0.0861. The van der Waals surface area contributed by atoms with Gasteiger partial charge in [-0.3, -0.25) is 4.31 Å². The minimum Gasteiger partial charge on any atom is -0.496 e. The van der Waals surface area contributed by atoms with Gasteiger partial charge in [0.25, 0.3) is 10.0 Å². The highest BCUT2D eigenvalue weighted by Crippen LogP contribution is 2.38. The summed E-state index contributed by atoms with van der Waals surface area (Å²) in [5.41, 5.74) is 2.76. The van der Waals surface area contributed by atoms with Crippen LogP contribution in [0.1, 0.15) is 37.8 Å². The van der Waals surface area contributed by atoms with Gasteiger partial charge in [0.1, 0.15) is 5.75 Å². The Balaban J connectivity index is 2.11. The summed E-state index contributed by atoms with van der Waals surface area (Å²) >= 11 is 0. The van der Waals surface area contributed by atoms with E-state index in [1.165, 1.54) is 0 Å². The molecule has 0 saturated carbocycles. The van der Waals surface area contributed by atoms with Crippen molar-refractivity contribution in [2.45, 2.75) is 44.0 Å². The third-order valence-electron chi connectivity index (χ3n) is 4.52. The molecule has 0 saturated heterocycles. The fourth-order valence-electron chi connectivity index (χ4n) is 3.34. The standard InChI is InChI=1S/C19H23NO3S/c1-13(2)17-12-16(9-10-19(17)23-4)24(21,22)20-14(3)11-15-7-5-6-8-18(15)20/h5-10,12-14H,11H2,1-4H3/t14-/m1/s1. The number of anilines is 1. The topological polar surface area (TPSA) is 46.6 Å². The van der Waals surface area contributed by atoms with Crippen molar-refractivity contribution in [1.29, 1.82) is 0 Å². The highest BCUT2D eigenvalue weighted by Gasteiger charge is 2.36. The molecule has 1 aliphatic heterocycles. The molecule has 0 N–H and O–H groups in total. The van der Waals surface area contributed by atoms with Crippen LogP contribution in [0.4, 0.5) is 5.69 Å². The molecule has 0 unspecified atom stereocenters. The average molecular weight is 345 g/mol. The van der Waals surface area contributed by atoms with Gasteiger partial charge in [0.2, 0.25) is 0 Å². The Hall–Kier alpha value is -2.01. The Morgan fingerprint density at radius 3 is 2.54 bits per heavy atom. The summed E-state index contributed by atoms with van der Waals surface area (Å²) in [4.78, 5) is 0.315. The first-order valence-corrected chi connectivity index (χ1v) is 9.60. The van der Waals surface area contributed by atoms with Crippen molar-refractivity contribution in [1.82, 2.24) is 0 Å². The third kappa shape index (κ3) is 2.67. The summed E-state index contributed by atoms with van der Waals surface area (Å²) in [6.07, 6.45) is 0.739. The van der Waals surface area contributed by atoms with Crippen LogP contribution in [-0.4, -0.2) is 21.6 Å². The van der Waals surface area contributed by atoms with Crippen LogP contribution in [0.5, 0.6) is 5.75 Å². The number of sulfonamides is 1. The van der Waals surface area contributed by atoms with Gasteiger partial charge in [-0.05, 0) is 54.7 Å². The summed E-state index contributed by atoms with van der Waals surface area (Å²) in [6, 6.07) is 12.7. The molecule has 5 heteroatoms. The van der Waals surface area contributed by atoms with Gasteiger partial charge in [-0.1, -0.05) is 32.0 Å². The van der Waals surface area contributed by atoms with Crippen molar-refractivity contribution in [3.05, 3.63) is 53.6 Å². The number of benzene rings is 2. The minimum atomic E-state index is -3.60. The maximum absolute atomic E-state index is 13.3. The number of para-hydroxylation sites is 1. The van der Waals surface area contributed by atoms with Gasteiger partial charge in [0.15, 0.2) is 0 Å². The quantitative estimate of drug-likeness (QED) is 0.843. The van der Waals surface area contributed by atoms with Gasteiger partial charge in [0.05, 0.1) is 17.7 Å². The van der Waals surface area contributed by atoms with Crippen LogP contribution >= 0.6 is 0 Å². The van der Waals surface area contributed by atoms with E-state index in [4.69, 9.17) is 4.74 Å². The molecule has 2 aromatic rings. The highest BCUT2D eigenvalue weighted by atomic mass is 32.2. The lowest BCUT2D eigenvalue weighted by atomic mass is 10.0. The van der Waals surface area contributed by atoms with Crippen LogP contribution < -0.4 is 9.04 Å². The largest absolute Gasteiger partial charge is 0.496 e. The van der Waals surface area contributed by atoms with Crippen LogP contribution in [0.25, 0.3) is 0 Å². The molecule has 0 spiro atoms. The van der Waals surface area contributed by atoms with Crippen LogP contribution in [0.2, 0.25) is 0 Å². The number of fused-ring (bicyclic) bond motifs is 1. The highest BCUT2D eigenvalue weighted by molar-refractivity contribution is 7.92. The molecule has 24 heavy (non-hydrogen) atoms. The summed E-state index contributed by atoms with van der Waals surface area (Å²) in [6.45, 7) is 6.01. The van der Waals surface area contributed by atoms with E-state index in [9.17, 15) is 8.42 Å². The van der Waals surface area contributed by atoms with E-state index in [-0.39, 0.29) is 12.0 Å². The van der Waals surface area contributed by atoms with E-state index in [0.29, 0.717) is 4.90 Å². The predicted octanol–water partition coefficient (Wildman–Crippen LogP) is 3.96.